The minimum absolute atomic E-state index is 0.224. The molecular formula is C13H18O3. The third-order valence-electron chi connectivity index (χ3n) is 2.46. The number of ketones is 1. The number of hydrogen-bond donors (Lipinski definition) is 0. The molecule has 0 unspecified atom stereocenters. The largest absolute Gasteiger partial charge is 0.493 e. The summed E-state index contributed by atoms with van der Waals surface area (Å²) in [5.74, 6) is 1.73. The van der Waals surface area contributed by atoms with E-state index in [1.54, 1.807) is 21.1 Å². The van der Waals surface area contributed by atoms with E-state index in [0.717, 1.165) is 29.9 Å². The Morgan fingerprint density at radius 1 is 1.25 bits per heavy atom. The number of benzene rings is 1. The standard InChI is InChI=1S/C13H18O3/c1-10(14)6-4-7-11-8-5-9-12(15-2)13(11)16-3/h5,8-9H,4,6-7H2,1-3H3. The molecule has 16 heavy (non-hydrogen) atoms. The predicted octanol–water partition coefficient (Wildman–Crippen LogP) is 2.62. The first kappa shape index (κ1) is 12.6. The van der Waals surface area contributed by atoms with Crippen LogP contribution in [0.5, 0.6) is 11.5 Å². The van der Waals surface area contributed by atoms with Crippen molar-refractivity contribution < 1.29 is 14.3 Å². The molecular weight excluding hydrogens is 204 g/mol. The van der Waals surface area contributed by atoms with Crippen molar-refractivity contribution in [1.29, 1.82) is 0 Å². The number of rotatable bonds is 6. The van der Waals surface area contributed by atoms with Gasteiger partial charge in [0.1, 0.15) is 5.78 Å². The lowest BCUT2D eigenvalue weighted by atomic mass is 10.1. The molecule has 0 atom stereocenters. The molecule has 0 spiro atoms. The van der Waals surface area contributed by atoms with Gasteiger partial charge in [-0.2, -0.15) is 0 Å². The van der Waals surface area contributed by atoms with E-state index in [-0.39, 0.29) is 5.78 Å². The van der Waals surface area contributed by atoms with Crippen LogP contribution in [-0.4, -0.2) is 20.0 Å². The molecule has 0 heterocycles. The molecule has 0 aromatic heterocycles. The highest BCUT2D eigenvalue weighted by Gasteiger charge is 2.08. The van der Waals surface area contributed by atoms with Gasteiger partial charge in [-0.05, 0) is 31.4 Å². The van der Waals surface area contributed by atoms with Crippen molar-refractivity contribution in [2.75, 3.05) is 14.2 Å². The number of ether oxygens (including phenoxy) is 2. The molecule has 1 rings (SSSR count). The summed E-state index contributed by atoms with van der Waals surface area (Å²) >= 11 is 0. The van der Waals surface area contributed by atoms with Gasteiger partial charge in [-0.15, -0.1) is 0 Å². The Kier molecular flexibility index (Phi) is 4.83. The normalized spacial score (nSPS) is 9.94. The van der Waals surface area contributed by atoms with Gasteiger partial charge in [0.25, 0.3) is 0 Å². The minimum atomic E-state index is 0.224. The highest BCUT2D eigenvalue weighted by molar-refractivity contribution is 5.75. The number of aryl methyl sites for hydroxylation is 1. The van der Waals surface area contributed by atoms with Crippen LogP contribution in [0.15, 0.2) is 18.2 Å². The molecule has 0 bridgehead atoms. The number of carbonyl (C=O) groups is 1. The maximum absolute atomic E-state index is 10.9. The Labute approximate surface area is 96.4 Å². The Balaban J connectivity index is 2.74. The van der Waals surface area contributed by atoms with Gasteiger partial charge in [-0.25, -0.2) is 0 Å². The van der Waals surface area contributed by atoms with Gasteiger partial charge in [0.15, 0.2) is 11.5 Å². The number of carbonyl (C=O) groups excluding carboxylic acids is 1. The fourth-order valence-electron chi connectivity index (χ4n) is 1.68. The minimum Gasteiger partial charge on any atom is -0.493 e. The van der Waals surface area contributed by atoms with E-state index < -0.39 is 0 Å². The highest BCUT2D eigenvalue weighted by Crippen LogP contribution is 2.31. The van der Waals surface area contributed by atoms with Crippen LogP contribution in [0.2, 0.25) is 0 Å². The molecule has 0 fully saturated rings. The summed E-state index contributed by atoms with van der Waals surface area (Å²) in [6.45, 7) is 1.61. The molecule has 0 aliphatic carbocycles. The molecule has 0 amide bonds. The Hall–Kier alpha value is -1.51. The Bertz CT molecular complexity index is 358. The fraction of sp³-hybridized carbons (Fsp3) is 0.462. The van der Waals surface area contributed by atoms with Gasteiger partial charge in [0.2, 0.25) is 0 Å². The lowest BCUT2D eigenvalue weighted by Crippen LogP contribution is -1.97. The molecule has 0 saturated carbocycles. The zero-order chi connectivity index (χ0) is 12.0. The van der Waals surface area contributed by atoms with Crippen molar-refractivity contribution in [2.45, 2.75) is 26.2 Å². The lowest BCUT2D eigenvalue weighted by molar-refractivity contribution is -0.117. The van der Waals surface area contributed by atoms with E-state index in [9.17, 15) is 4.79 Å². The van der Waals surface area contributed by atoms with Crippen LogP contribution in [0, 0.1) is 0 Å². The molecule has 3 nitrogen and oxygen atoms in total. The van der Waals surface area contributed by atoms with E-state index in [2.05, 4.69) is 0 Å². The molecule has 88 valence electrons. The monoisotopic (exact) mass is 222 g/mol. The van der Waals surface area contributed by atoms with Crippen LogP contribution >= 0.6 is 0 Å². The van der Waals surface area contributed by atoms with Crippen molar-refractivity contribution in [1.82, 2.24) is 0 Å². The van der Waals surface area contributed by atoms with E-state index in [1.165, 1.54) is 0 Å². The molecule has 0 radical (unpaired) electrons. The van der Waals surface area contributed by atoms with Crippen LogP contribution in [0.1, 0.15) is 25.3 Å². The van der Waals surface area contributed by atoms with Gasteiger partial charge in [-0.1, -0.05) is 12.1 Å². The SMILES string of the molecule is COc1cccc(CCCC(C)=O)c1OC. The van der Waals surface area contributed by atoms with Crippen LogP contribution in [0.3, 0.4) is 0 Å². The van der Waals surface area contributed by atoms with Crippen LogP contribution in [-0.2, 0) is 11.2 Å². The third-order valence-corrected chi connectivity index (χ3v) is 2.46. The van der Waals surface area contributed by atoms with Crippen LogP contribution in [0.25, 0.3) is 0 Å². The molecule has 1 aromatic rings. The Morgan fingerprint density at radius 2 is 2.00 bits per heavy atom. The predicted molar refractivity (Wildman–Crippen MR) is 63.2 cm³/mol. The van der Waals surface area contributed by atoms with E-state index in [4.69, 9.17) is 9.47 Å². The van der Waals surface area contributed by atoms with Gasteiger partial charge in [0.05, 0.1) is 14.2 Å². The van der Waals surface area contributed by atoms with E-state index in [1.807, 2.05) is 18.2 Å². The smallest absolute Gasteiger partial charge is 0.163 e. The molecule has 1 aromatic carbocycles. The van der Waals surface area contributed by atoms with Crippen molar-refractivity contribution in [3.8, 4) is 11.5 Å². The quantitative estimate of drug-likeness (QED) is 0.742. The molecule has 0 aliphatic heterocycles. The maximum Gasteiger partial charge on any atom is 0.163 e. The van der Waals surface area contributed by atoms with Gasteiger partial charge in [-0.3, -0.25) is 0 Å². The first-order valence-corrected chi connectivity index (χ1v) is 5.38. The third kappa shape index (κ3) is 3.26. The summed E-state index contributed by atoms with van der Waals surface area (Å²) in [4.78, 5) is 10.9. The average molecular weight is 222 g/mol. The fourth-order valence-corrected chi connectivity index (χ4v) is 1.68. The summed E-state index contributed by atoms with van der Waals surface area (Å²) in [6.07, 6.45) is 2.29. The lowest BCUT2D eigenvalue weighted by Gasteiger charge is -2.11. The zero-order valence-corrected chi connectivity index (χ0v) is 10.1. The number of para-hydroxylation sites is 1. The summed E-state index contributed by atoms with van der Waals surface area (Å²) in [6, 6.07) is 5.80. The van der Waals surface area contributed by atoms with Gasteiger partial charge in [0, 0.05) is 6.42 Å². The van der Waals surface area contributed by atoms with E-state index >= 15 is 0 Å². The maximum atomic E-state index is 10.9. The van der Waals surface area contributed by atoms with Crippen molar-refractivity contribution in [3.05, 3.63) is 23.8 Å². The molecule has 0 aliphatic rings. The van der Waals surface area contributed by atoms with E-state index in [0.29, 0.717) is 6.42 Å². The van der Waals surface area contributed by atoms with Crippen molar-refractivity contribution >= 4 is 5.78 Å². The summed E-state index contributed by atoms with van der Waals surface area (Å²) in [5, 5.41) is 0. The topological polar surface area (TPSA) is 35.5 Å². The van der Waals surface area contributed by atoms with Gasteiger partial charge >= 0.3 is 0 Å². The number of methoxy groups -OCH3 is 2. The van der Waals surface area contributed by atoms with Gasteiger partial charge < -0.3 is 14.3 Å². The first-order chi connectivity index (χ1) is 7.69. The average Bonchev–Trinajstić information content (AvgIpc) is 2.28. The Morgan fingerprint density at radius 3 is 2.56 bits per heavy atom. The second kappa shape index (κ2) is 6.16. The highest BCUT2D eigenvalue weighted by atomic mass is 16.5. The van der Waals surface area contributed by atoms with Crippen LogP contribution < -0.4 is 9.47 Å². The second-order valence-corrected chi connectivity index (χ2v) is 3.71. The molecule has 0 saturated heterocycles. The molecule has 0 N–H and O–H groups in total. The van der Waals surface area contributed by atoms with Crippen molar-refractivity contribution in [2.24, 2.45) is 0 Å². The van der Waals surface area contributed by atoms with Crippen molar-refractivity contribution in [3.63, 3.8) is 0 Å². The molecule has 3 heteroatoms. The summed E-state index contributed by atoms with van der Waals surface area (Å²) in [7, 11) is 3.25. The number of Topliss-reactive ketones (excluding diaryl/α,β-unsaturated/α-hetero) is 1. The van der Waals surface area contributed by atoms with Crippen LogP contribution in [0.4, 0.5) is 0 Å². The summed E-state index contributed by atoms with van der Waals surface area (Å²) < 4.78 is 10.5. The second-order valence-electron chi connectivity index (χ2n) is 3.71. The first-order valence-electron chi connectivity index (χ1n) is 5.38. The zero-order valence-electron chi connectivity index (χ0n) is 10.1. The summed E-state index contributed by atoms with van der Waals surface area (Å²) in [5.41, 5.74) is 1.09. The number of hydrogen-bond acceptors (Lipinski definition) is 3.